The van der Waals surface area contributed by atoms with Crippen molar-refractivity contribution in [3.63, 3.8) is 0 Å². The van der Waals surface area contributed by atoms with Crippen LogP contribution in [0.5, 0.6) is 0 Å². The first-order chi connectivity index (χ1) is 26.8. The van der Waals surface area contributed by atoms with Crippen LogP contribution in [0.1, 0.15) is 41.9 Å². The highest BCUT2D eigenvalue weighted by Crippen LogP contribution is 2.38. The maximum absolute atomic E-state index is 4.00. The zero-order valence-electron chi connectivity index (χ0n) is 29.9. The van der Waals surface area contributed by atoms with Crippen molar-refractivity contribution in [2.24, 2.45) is 0 Å². The van der Waals surface area contributed by atoms with Gasteiger partial charge in [-0.3, -0.25) is 0 Å². The lowest BCUT2D eigenvalue weighted by Crippen LogP contribution is -3.24. The molecule has 4 nitrogen and oxygen atoms in total. The molecule has 4 heteroatoms. The number of quaternary nitrogens is 1. The van der Waals surface area contributed by atoms with Crippen molar-refractivity contribution in [1.82, 2.24) is 14.6 Å². The highest BCUT2D eigenvalue weighted by Gasteiger charge is 2.47. The molecule has 0 radical (unpaired) electrons. The van der Waals surface area contributed by atoms with E-state index in [4.69, 9.17) is 0 Å². The molecule has 7 aromatic carbocycles. The van der Waals surface area contributed by atoms with Gasteiger partial charge in [0.25, 0.3) is 0 Å². The summed E-state index contributed by atoms with van der Waals surface area (Å²) in [5.41, 5.74) is 13.7. The monoisotopic (exact) mass is 695 g/mol. The van der Waals surface area contributed by atoms with E-state index in [1.54, 1.807) is 0 Å². The molecule has 1 fully saturated rings. The van der Waals surface area contributed by atoms with E-state index in [9.17, 15) is 0 Å². The van der Waals surface area contributed by atoms with Crippen LogP contribution < -0.4 is 10.3 Å². The molecule has 1 aliphatic carbocycles. The topological polar surface area (TPSA) is 26.3 Å². The van der Waals surface area contributed by atoms with Gasteiger partial charge < -0.3 is 4.57 Å². The fourth-order valence-corrected chi connectivity index (χ4v) is 9.01. The van der Waals surface area contributed by atoms with Crippen molar-refractivity contribution in [2.75, 3.05) is 0 Å². The lowest BCUT2D eigenvalue weighted by molar-refractivity contribution is -1.05. The smallest absolute Gasteiger partial charge is 0.197 e. The number of fused-ring (bicyclic) bond motifs is 6. The minimum atomic E-state index is 0.0753. The number of benzene rings is 7. The Labute approximate surface area is 314 Å². The van der Waals surface area contributed by atoms with Crippen LogP contribution in [0.2, 0.25) is 0 Å². The molecule has 2 N–H and O–H groups in total. The van der Waals surface area contributed by atoms with Gasteiger partial charge in [0.15, 0.2) is 12.3 Å². The summed E-state index contributed by atoms with van der Waals surface area (Å²) in [7, 11) is 0. The molecule has 54 heavy (non-hydrogen) atoms. The molecular weight excluding hydrogens is 657 g/mol. The Morgan fingerprint density at radius 3 is 1.81 bits per heavy atom. The highest BCUT2D eigenvalue weighted by atomic mass is 15.7. The molecule has 0 spiro atoms. The van der Waals surface area contributed by atoms with Crippen LogP contribution in [-0.2, 0) is 0 Å². The van der Waals surface area contributed by atoms with E-state index < -0.39 is 0 Å². The number of para-hydroxylation sites is 3. The number of nitrogens with zero attached hydrogens (tertiary/aromatic N) is 2. The van der Waals surface area contributed by atoms with Crippen LogP contribution in [-0.4, -0.2) is 9.24 Å². The molecule has 2 aromatic heterocycles. The summed E-state index contributed by atoms with van der Waals surface area (Å²) in [5, 5.41) is 10.4. The number of hydrogen-bond acceptors (Lipinski definition) is 1. The maximum Gasteiger partial charge on any atom is 0.197 e. The molecule has 258 valence electrons. The zero-order valence-corrected chi connectivity index (χ0v) is 29.9. The van der Waals surface area contributed by atoms with Gasteiger partial charge in [-0.25, -0.2) is 5.32 Å². The molecule has 0 saturated carbocycles. The summed E-state index contributed by atoms with van der Waals surface area (Å²) in [6, 6.07) is 62.4. The van der Waals surface area contributed by atoms with Crippen LogP contribution in [0.15, 0.2) is 188 Å². The van der Waals surface area contributed by atoms with Crippen molar-refractivity contribution in [3.05, 3.63) is 205 Å². The first-order valence-corrected chi connectivity index (χ1v) is 19.1. The van der Waals surface area contributed by atoms with Crippen LogP contribution in [0, 0.1) is 0 Å². The minimum absolute atomic E-state index is 0.0753. The van der Waals surface area contributed by atoms with Gasteiger partial charge in [-0.1, -0.05) is 133 Å². The zero-order chi connectivity index (χ0) is 35.6. The Kier molecular flexibility index (Phi) is 7.25. The third kappa shape index (κ3) is 4.92. The Morgan fingerprint density at radius 1 is 0.463 bits per heavy atom. The van der Waals surface area contributed by atoms with E-state index in [-0.39, 0.29) is 12.3 Å². The second-order valence-electron chi connectivity index (χ2n) is 14.6. The van der Waals surface area contributed by atoms with Crippen molar-refractivity contribution in [2.45, 2.75) is 25.2 Å². The quantitative estimate of drug-likeness (QED) is 0.178. The van der Waals surface area contributed by atoms with E-state index in [1.165, 1.54) is 87.7 Å². The van der Waals surface area contributed by atoms with Crippen molar-refractivity contribution >= 4 is 49.2 Å². The van der Waals surface area contributed by atoms with Gasteiger partial charge in [0.1, 0.15) is 11.0 Å². The predicted molar refractivity (Wildman–Crippen MR) is 223 cm³/mol. The number of hydrogen-bond donors (Lipinski definition) is 2. The molecule has 11 rings (SSSR count). The molecule has 1 saturated heterocycles. The number of aromatic nitrogens is 2. The van der Waals surface area contributed by atoms with Gasteiger partial charge in [0, 0.05) is 38.4 Å². The van der Waals surface area contributed by atoms with Crippen LogP contribution in [0.3, 0.4) is 0 Å². The standard InChI is InChI=1S/C50H38N4/c1-4-15-34(16-5-1)36-19-14-20-39(31-36)50-51-49(35-17-6-2-7-18-35)54(50)53-47-26-13-11-24-42(47)44-33-38(28-30-48(44)53)37-27-29-46-43(32-37)41-23-10-12-25-45(41)52(46)40-21-8-3-9-22-40/h2-4,6-33,49-51H,1,5H2/p+1. The second-order valence-corrected chi connectivity index (χ2v) is 14.6. The average molecular weight is 696 g/mol. The lowest BCUT2D eigenvalue weighted by Gasteiger charge is -2.46. The predicted octanol–water partition coefficient (Wildman–Crippen LogP) is 10.9. The van der Waals surface area contributed by atoms with Crippen LogP contribution >= 0.6 is 0 Å². The Morgan fingerprint density at radius 2 is 1.06 bits per heavy atom. The van der Waals surface area contributed by atoms with Crippen molar-refractivity contribution < 1.29 is 5.01 Å². The summed E-state index contributed by atoms with van der Waals surface area (Å²) in [5.74, 6) is 0. The maximum atomic E-state index is 4.00. The molecule has 9 aromatic rings. The molecule has 0 bridgehead atoms. The summed E-state index contributed by atoms with van der Waals surface area (Å²) < 4.78 is 4.93. The van der Waals surface area contributed by atoms with Crippen LogP contribution in [0.4, 0.5) is 0 Å². The van der Waals surface area contributed by atoms with E-state index in [0.29, 0.717) is 0 Å². The second kappa shape index (κ2) is 12.6. The summed E-state index contributed by atoms with van der Waals surface area (Å²) in [4.78, 5) is 0. The SMILES string of the molecule is C1=CC(c2cccc(C3NC(c4ccccc4)[NH+]3n3c4ccccc4c4cc(-c5ccc6c(c5)c5ccccc5n6-c5ccccc5)ccc43)c2)=CCC1. The summed E-state index contributed by atoms with van der Waals surface area (Å²) in [6.45, 7) is 0. The molecular formula is C50H39N4+. The van der Waals surface area contributed by atoms with Crippen molar-refractivity contribution in [1.29, 1.82) is 0 Å². The highest BCUT2D eigenvalue weighted by molar-refractivity contribution is 6.12. The Balaban J connectivity index is 1.06. The van der Waals surface area contributed by atoms with Gasteiger partial charge in [-0.15, -0.1) is 0 Å². The Bertz CT molecular complexity index is 2930. The van der Waals surface area contributed by atoms with E-state index in [0.717, 1.165) is 12.8 Å². The first-order valence-electron chi connectivity index (χ1n) is 19.1. The van der Waals surface area contributed by atoms with Gasteiger partial charge in [-0.05, 0) is 89.7 Å². The lowest BCUT2D eigenvalue weighted by atomic mass is 9.96. The van der Waals surface area contributed by atoms with Crippen LogP contribution in [0.25, 0.3) is 66.0 Å². The summed E-state index contributed by atoms with van der Waals surface area (Å²) >= 11 is 0. The fourth-order valence-electron chi connectivity index (χ4n) is 9.01. The number of allylic oxidation sites excluding steroid dienone is 4. The largest absolute Gasteiger partial charge is 0.309 e. The number of rotatable bonds is 6. The van der Waals surface area contributed by atoms with Gasteiger partial charge in [0.2, 0.25) is 0 Å². The molecule has 2 aliphatic rings. The fraction of sp³-hybridized carbons (Fsp3) is 0.0800. The molecule has 3 atom stereocenters. The molecule has 3 unspecified atom stereocenters. The molecule has 1 aliphatic heterocycles. The van der Waals surface area contributed by atoms with Gasteiger partial charge in [0.05, 0.1) is 11.0 Å². The minimum Gasteiger partial charge on any atom is -0.309 e. The average Bonchev–Trinajstić information content (AvgIpc) is 3.74. The third-order valence-electron chi connectivity index (χ3n) is 11.6. The molecule has 3 heterocycles. The van der Waals surface area contributed by atoms with Gasteiger partial charge >= 0.3 is 0 Å². The van der Waals surface area contributed by atoms with Gasteiger partial charge in [-0.2, -0.15) is 9.69 Å². The summed E-state index contributed by atoms with van der Waals surface area (Å²) in [6.07, 6.45) is 9.32. The Hall–Kier alpha value is -6.46. The normalized spacial score (nSPS) is 18.4. The van der Waals surface area contributed by atoms with E-state index in [2.05, 4.69) is 203 Å². The third-order valence-corrected chi connectivity index (χ3v) is 11.6. The van der Waals surface area contributed by atoms with E-state index >= 15 is 0 Å². The molecule has 0 amide bonds. The first kappa shape index (κ1) is 31.1. The van der Waals surface area contributed by atoms with Crippen molar-refractivity contribution in [3.8, 4) is 16.8 Å². The number of nitrogens with one attached hydrogen (secondary N) is 2. The van der Waals surface area contributed by atoms with E-state index in [1.807, 2.05) is 0 Å².